The Morgan fingerprint density at radius 1 is 0.317 bits per heavy atom. The molecule has 63 heavy (non-hydrogen) atoms. The largest absolute Gasteiger partial charge is 0.462 e. The van der Waals surface area contributed by atoms with E-state index < -0.39 is 6.10 Å². The van der Waals surface area contributed by atoms with Crippen molar-refractivity contribution >= 4 is 17.9 Å². The number of allylic oxidation sites excluding steroid dienone is 6. The van der Waals surface area contributed by atoms with Gasteiger partial charge in [-0.25, -0.2) is 0 Å². The quantitative estimate of drug-likeness (QED) is 0.0262. The Morgan fingerprint density at radius 2 is 0.571 bits per heavy atom. The predicted octanol–water partition coefficient (Wildman–Crippen LogP) is 18.1. The van der Waals surface area contributed by atoms with E-state index in [0.29, 0.717) is 19.3 Å². The highest BCUT2D eigenvalue weighted by Crippen LogP contribution is 2.16. The van der Waals surface area contributed by atoms with Crippen molar-refractivity contribution in [2.24, 2.45) is 0 Å². The highest BCUT2D eigenvalue weighted by molar-refractivity contribution is 5.71. The first-order valence-corrected chi connectivity index (χ1v) is 27.5. The van der Waals surface area contributed by atoms with E-state index in [1.165, 1.54) is 173 Å². The van der Waals surface area contributed by atoms with Gasteiger partial charge in [0, 0.05) is 19.3 Å². The summed E-state index contributed by atoms with van der Waals surface area (Å²) in [7, 11) is 0. The molecule has 0 aromatic rings. The van der Waals surface area contributed by atoms with Crippen molar-refractivity contribution in [3.8, 4) is 0 Å². The molecule has 368 valence electrons. The number of hydrogen-bond donors (Lipinski definition) is 0. The lowest BCUT2D eigenvalue weighted by atomic mass is 10.0. The Labute approximate surface area is 391 Å². The number of esters is 3. The molecule has 6 nitrogen and oxygen atoms in total. The van der Waals surface area contributed by atoms with Crippen LogP contribution in [0.3, 0.4) is 0 Å². The molecule has 0 amide bonds. The minimum Gasteiger partial charge on any atom is -0.462 e. The van der Waals surface area contributed by atoms with Crippen LogP contribution in [0.5, 0.6) is 0 Å². The Kier molecular flexibility index (Phi) is 50.3. The van der Waals surface area contributed by atoms with Crippen molar-refractivity contribution in [2.45, 2.75) is 297 Å². The molecule has 0 fully saturated rings. The van der Waals surface area contributed by atoms with Gasteiger partial charge in [0.1, 0.15) is 13.2 Å². The molecule has 0 aromatic carbocycles. The summed E-state index contributed by atoms with van der Waals surface area (Å²) in [6.07, 6.45) is 61.8. The third-order valence-corrected chi connectivity index (χ3v) is 12.1. The Balaban J connectivity index is 4.01. The lowest BCUT2D eigenvalue weighted by molar-refractivity contribution is -0.167. The van der Waals surface area contributed by atoms with E-state index in [9.17, 15) is 14.4 Å². The Morgan fingerprint density at radius 3 is 0.889 bits per heavy atom. The summed E-state index contributed by atoms with van der Waals surface area (Å²) in [4.78, 5) is 37.7. The number of rotatable bonds is 50. The maximum Gasteiger partial charge on any atom is 0.306 e. The van der Waals surface area contributed by atoms with Gasteiger partial charge in [0.05, 0.1) is 0 Å². The number of unbranched alkanes of at least 4 members (excludes halogenated alkanes) is 33. The molecule has 0 saturated carbocycles. The third kappa shape index (κ3) is 50.5. The second kappa shape index (κ2) is 52.3. The molecule has 1 atom stereocenters. The molecule has 0 spiro atoms. The number of ether oxygens (including phenoxy) is 3. The molecule has 0 aliphatic rings. The summed E-state index contributed by atoms with van der Waals surface area (Å²) in [6.45, 7) is 6.56. The smallest absolute Gasteiger partial charge is 0.306 e. The average molecular weight is 885 g/mol. The van der Waals surface area contributed by atoms with Gasteiger partial charge in [-0.3, -0.25) is 14.4 Å². The van der Waals surface area contributed by atoms with Crippen LogP contribution in [0.4, 0.5) is 0 Å². The van der Waals surface area contributed by atoms with Crippen LogP contribution in [0.15, 0.2) is 36.5 Å². The Bertz CT molecular complexity index is 1060. The molecule has 1 unspecified atom stereocenters. The number of hydrogen-bond acceptors (Lipinski definition) is 6. The number of carbonyl (C=O) groups excluding carboxylic acids is 3. The zero-order chi connectivity index (χ0) is 45.8. The van der Waals surface area contributed by atoms with Gasteiger partial charge < -0.3 is 14.2 Å². The summed E-state index contributed by atoms with van der Waals surface area (Å²) in [6, 6.07) is 0. The fourth-order valence-electron chi connectivity index (χ4n) is 7.98. The van der Waals surface area contributed by atoms with Crippen LogP contribution < -0.4 is 0 Å². The third-order valence-electron chi connectivity index (χ3n) is 12.1. The van der Waals surface area contributed by atoms with Gasteiger partial charge in [-0.15, -0.1) is 0 Å². The summed E-state index contributed by atoms with van der Waals surface area (Å²) in [5.41, 5.74) is 0. The average Bonchev–Trinajstić information content (AvgIpc) is 3.28. The molecule has 0 heterocycles. The van der Waals surface area contributed by atoms with Crippen LogP contribution >= 0.6 is 0 Å². The molecule has 0 N–H and O–H groups in total. The lowest BCUT2D eigenvalue weighted by Gasteiger charge is -2.18. The minimum absolute atomic E-state index is 0.0698. The van der Waals surface area contributed by atoms with Crippen LogP contribution in [0.2, 0.25) is 0 Å². The van der Waals surface area contributed by atoms with Gasteiger partial charge in [-0.05, 0) is 57.8 Å². The maximum atomic E-state index is 12.7. The van der Waals surface area contributed by atoms with E-state index in [1.54, 1.807) is 0 Å². The standard InChI is InChI=1S/C57H104O6/c1-4-7-10-13-15-17-19-21-22-23-24-25-26-27-28-29-30-31-32-33-34-36-37-39-41-44-47-50-56(59)62-53-54(52-61-55(58)49-46-43-12-9-6-3)63-57(60)51-48-45-42-40-38-35-20-18-16-14-11-8-5-2/h19,21,23-24,26-27,54H,4-18,20,22,25,28-53H2,1-3H3/b21-19-,24-23-,27-26-. The summed E-state index contributed by atoms with van der Waals surface area (Å²) >= 11 is 0. The molecule has 0 rings (SSSR count). The van der Waals surface area contributed by atoms with Gasteiger partial charge in [-0.2, -0.15) is 0 Å². The van der Waals surface area contributed by atoms with Gasteiger partial charge in [0.15, 0.2) is 6.10 Å². The van der Waals surface area contributed by atoms with Crippen LogP contribution in [-0.2, 0) is 28.6 Å². The van der Waals surface area contributed by atoms with Gasteiger partial charge in [0.2, 0.25) is 0 Å². The fourth-order valence-corrected chi connectivity index (χ4v) is 7.98. The van der Waals surface area contributed by atoms with Crippen molar-refractivity contribution in [1.29, 1.82) is 0 Å². The summed E-state index contributed by atoms with van der Waals surface area (Å²) in [5, 5.41) is 0. The molecule has 0 aliphatic heterocycles. The topological polar surface area (TPSA) is 78.9 Å². The zero-order valence-electron chi connectivity index (χ0n) is 42.1. The van der Waals surface area contributed by atoms with E-state index in [2.05, 4.69) is 57.2 Å². The highest BCUT2D eigenvalue weighted by atomic mass is 16.6. The monoisotopic (exact) mass is 885 g/mol. The van der Waals surface area contributed by atoms with E-state index in [0.717, 1.165) is 77.0 Å². The maximum absolute atomic E-state index is 12.7. The van der Waals surface area contributed by atoms with Crippen molar-refractivity contribution in [3.05, 3.63) is 36.5 Å². The van der Waals surface area contributed by atoms with E-state index in [-0.39, 0.29) is 31.1 Å². The molecule has 0 bridgehead atoms. The lowest BCUT2D eigenvalue weighted by Crippen LogP contribution is -2.30. The minimum atomic E-state index is -0.764. The van der Waals surface area contributed by atoms with Crippen molar-refractivity contribution in [3.63, 3.8) is 0 Å². The van der Waals surface area contributed by atoms with Gasteiger partial charge in [-0.1, -0.05) is 250 Å². The molecular weight excluding hydrogens is 781 g/mol. The van der Waals surface area contributed by atoms with Crippen molar-refractivity contribution in [1.82, 2.24) is 0 Å². The second-order valence-corrected chi connectivity index (χ2v) is 18.5. The molecule has 0 saturated heterocycles. The van der Waals surface area contributed by atoms with Crippen LogP contribution in [0.25, 0.3) is 0 Å². The van der Waals surface area contributed by atoms with Crippen LogP contribution in [-0.4, -0.2) is 37.2 Å². The normalized spacial score (nSPS) is 12.2. The first-order valence-electron chi connectivity index (χ1n) is 27.5. The second-order valence-electron chi connectivity index (χ2n) is 18.5. The molecule has 6 heteroatoms. The first kappa shape index (κ1) is 60.6. The summed E-state index contributed by atoms with van der Waals surface area (Å²) in [5.74, 6) is -0.874. The molecule has 0 aromatic heterocycles. The van der Waals surface area contributed by atoms with Gasteiger partial charge in [0.25, 0.3) is 0 Å². The van der Waals surface area contributed by atoms with Crippen molar-refractivity contribution in [2.75, 3.05) is 13.2 Å². The van der Waals surface area contributed by atoms with Gasteiger partial charge >= 0.3 is 17.9 Å². The van der Waals surface area contributed by atoms with Crippen molar-refractivity contribution < 1.29 is 28.6 Å². The van der Waals surface area contributed by atoms with Crippen LogP contribution in [0.1, 0.15) is 290 Å². The number of carbonyl (C=O) groups is 3. The first-order chi connectivity index (χ1) is 31.0. The van der Waals surface area contributed by atoms with E-state index in [1.807, 2.05) is 0 Å². The SMILES string of the molecule is CCCCCCC/C=C\C/C=C\C/C=C\CCCCCCCCCCCCCCC(=O)OCC(COC(=O)CCCCCCC)OC(=O)CCCCCCCCCCCCCCC. The zero-order valence-corrected chi connectivity index (χ0v) is 42.1. The molecule has 0 aliphatic carbocycles. The molecule has 0 radical (unpaired) electrons. The van der Waals surface area contributed by atoms with E-state index >= 15 is 0 Å². The van der Waals surface area contributed by atoms with Crippen LogP contribution in [0, 0.1) is 0 Å². The van der Waals surface area contributed by atoms with E-state index in [4.69, 9.17) is 14.2 Å². The fraction of sp³-hybridized carbons (Fsp3) is 0.842. The predicted molar refractivity (Wildman–Crippen MR) is 270 cm³/mol. The highest BCUT2D eigenvalue weighted by Gasteiger charge is 2.19. The Hall–Kier alpha value is -2.37. The summed E-state index contributed by atoms with van der Waals surface area (Å²) < 4.78 is 16.7. The molecular formula is C57H104O6.